The zero-order chi connectivity index (χ0) is 17.3. The van der Waals surface area contributed by atoms with Gasteiger partial charge in [-0.3, -0.25) is 4.90 Å². The maximum Gasteiger partial charge on any atom is 0.209 e. The molecule has 0 spiro atoms. The van der Waals surface area contributed by atoms with Gasteiger partial charge < -0.3 is 4.52 Å². The molecule has 0 bridgehead atoms. The molecule has 0 radical (unpaired) electrons. The third-order valence-corrected chi connectivity index (χ3v) is 5.47. The molecule has 0 saturated carbocycles. The first kappa shape index (κ1) is 17.1. The molecule has 6 nitrogen and oxygen atoms in total. The molecular weight excluding hydrogens is 326 g/mol. The van der Waals surface area contributed by atoms with E-state index in [1.165, 1.54) is 5.56 Å². The van der Waals surface area contributed by atoms with Gasteiger partial charge in [-0.1, -0.05) is 41.9 Å². The number of primary sulfonamides is 1. The Labute approximate surface area is 142 Å². The quantitative estimate of drug-likeness (QED) is 0.892. The Hall–Kier alpha value is -1.70. The standard InChI is InChI=1S/C17H23N3O3S/c1-12-3-5-14(6-4-12)17-7-16(23-19-17)10-20-8-13(2)15(9-20)11-24(18,21)22/h3-7,13,15H,8-11H2,1-2H3,(H2,18,21,22)/t13-,15+/m1/s1. The average Bonchev–Trinajstić information content (AvgIpc) is 3.06. The van der Waals surface area contributed by atoms with E-state index >= 15 is 0 Å². The summed E-state index contributed by atoms with van der Waals surface area (Å²) in [6.45, 7) is 6.28. The highest BCUT2D eigenvalue weighted by Gasteiger charge is 2.32. The Morgan fingerprint density at radius 3 is 2.67 bits per heavy atom. The van der Waals surface area contributed by atoms with E-state index in [1.54, 1.807) is 0 Å². The van der Waals surface area contributed by atoms with Crippen LogP contribution in [0.25, 0.3) is 11.3 Å². The number of aromatic nitrogens is 1. The second-order valence-corrected chi connectivity index (χ2v) is 8.46. The lowest BCUT2D eigenvalue weighted by molar-refractivity contribution is 0.265. The van der Waals surface area contributed by atoms with Crippen molar-refractivity contribution in [2.24, 2.45) is 17.0 Å². The third-order valence-electron chi connectivity index (χ3n) is 4.58. The van der Waals surface area contributed by atoms with Gasteiger partial charge in [0, 0.05) is 24.7 Å². The molecular formula is C17H23N3O3S. The van der Waals surface area contributed by atoms with Gasteiger partial charge in [0.05, 0.1) is 12.3 Å². The number of hydrogen-bond donors (Lipinski definition) is 1. The highest BCUT2D eigenvalue weighted by atomic mass is 32.2. The lowest BCUT2D eigenvalue weighted by atomic mass is 10.0. The van der Waals surface area contributed by atoms with Crippen LogP contribution >= 0.6 is 0 Å². The first-order chi connectivity index (χ1) is 11.3. The van der Waals surface area contributed by atoms with E-state index in [-0.39, 0.29) is 11.7 Å². The van der Waals surface area contributed by atoms with Crippen LogP contribution in [0.1, 0.15) is 18.2 Å². The van der Waals surface area contributed by atoms with Crippen molar-refractivity contribution in [2.45, 2.75) is 20.4 Å². The molecule has 3 rings (SSSR count). The molecule has 1 aromatic heterocycles. The molecule has 2 heterocycles. The minimum atomic E-state index is -3.43. The number of nitrogens with two attached hydrogens (primary N) is 1. The van der Waals surface area contributed by atoms with Crippen LogP contribution in [0.5, 0.6) is 0 Å². The zero-order valence-electron chi connectivity index (χ0n) is 14.0. The summed E-state index contributed by atoms with van der Waals surface area (Å²) in [7, 11) is -3.43. The number of hydrogen-bond acceptors (Lipinski definition) is 5. The molecule has 1 fully saturated rings. The number of nitrogens with zero attached hydrogens (tertiary/aromatic N) is 2. The van der Waals surface area contributed by atoms with E-state index in [2.05, 4.69) is 17.0 Å². The second-order valence-electron chi connectivity index (χ2n) is 6.81. The van der Waals surface area contributed by atoms with E-state index < -0.39 is 10.0 Å². The molecule has 1 aliphatic rings. The molecule has 24 heavy (non-hydrogen) atoms. The van der Waals surface area contributed by atoms with Crippen LogP contribution in [0.15, 0.2) is 34.9 Å². The topological polar surface area (TPSA) is 89.4 Å². The van der Waals surface area contributed by atoms with Crippen LogP contribution in [0, 0.1) is 18.8 Å². The maximum atomic E-state index is 11.3. The molecule has 130 valence electrons. The van der Waals surface area contributed by atoms with Crippen LogP contribution < -0.4 is 5.14 Å². The van der Waals surface area contributed by atoms with Crippen molar-refractivity contribution in [2.75, 3.05) is 18.8 Å². The van der Waals surface area contributed by atoms with E-state index in [0.717, 1.165) is 23.6 Å². The Bertz CT molecular complexity index is 799. The molecule has 1 aliphatic heterocycles. The summed E-state index contributed by atoms with van der Waals surface area (Å²) >= 11 is 0. The predicted molar refractivity (Wildman–Crippen MR) is 92.6 cm³/mol. The Balaban J connectivity index is 1.64. The smallest absolute Gasteiger partial charge is 0.209 e. The van der Waals surface area contributed by atoms with Crippen LogP contribution in [0.4, 0.5) is 0 Å². The predicted octanol–water partition coefficient (Wildman–Crippen LogP) is 2.01. The van der Waals surface area contributed by atoms with Crippen LogP contribution in [-0.2, 0) is 16.6 Å². The van der Waals surface area contributed by atoms with E-state index in [0.29, 0.717) is 19.0 Å². The van der Waals surface area contributed by atoms with Crippen LogP contribution in [0.3, 0.4) is 0 Å². The van der Waals surface area contributed by atoms with Crippen molar-refractivity contribution in [1.82, 2.24) is 10.1 Å². The Kier molecular flexibility index (Phi) is 4.76. The lowest BCUT2D eigenvalue weighted by Gasteiger charge is -2.13. The van der Waals surface area contributed by atoms with Crippen molar-refractivity contribution < 1.29 is 12.9 Å². The molecule has 1 aromatic carbocycles. The van der Waals surface area contributed by atoms with Gasteiger partial charge in [0.2, 0.25) is 10.0 Å². The molecule has 0 amide bonds. The SMILES string of the molecule is Cc1ccc(-c2cc(CN3C[C@@H](CS(N)(=O)=O)[C@H](C)C3)on2)cc1. The van der Waals surface area contributed by atoms with Gasteiger partial charge in [-0.15, -0.1) is 0 Å². The van der Waals surface area contributed by atoms with E-state index in [9.17, 15) is 8.42 Å². The monoisotopic (exact) mass is 349 g/mol. The zero-order valence-corrected chi connectivity index (χ0v) is 14.8. The van der Waals surface area contributed by atoms with Gasteiger partial charge in [0.25, 0.3) is 0 Å². The molecule has 2 aromatic rings. The third kappa shape index (κ3) is 4.23. The summed E-state index contributed by atoms with van der Waals surface area (Å²) in [6, 6.07) is 10.1. The highest BCUT2D eigenvalue weighted by molar-refractivity contribution is 7.89. The molecule has 0 aliphatic carbocycles. The minimum Gasteiger partial charge on any atom is -0.359 e. The maximum absolute atomic E-state index is 11.3. The Morgan fingerprint density at radius 2 is 2.00 bits per heavy atom. The number of benzene rings is 1. The molecule has 0 unspecified atom stereocenters. The van der Waals surface area contributed by atoms with Crippen LogP contribution in [0.2, 0.25) is 0 Å². The van der Waals surface area contributed by atoms with Crippen molar-refractivity contribution in [3.63, 3.8) is 0 Å². The fourth-order valence-corrected chi connectivity index (χ4v) is 4.29. The molecule has 1 saturated heterocycles. The molecule has 7 heteroatoms. The number of aryl methyl sites for hydroxylation is 1. The fraction of sp³-hybridized carbons (Fsp3) is 0.471. The number of rotatable bonds is 5. The van der Waals surface area contributed by atoms with Crippen molar-refractivity contribution in [3.05, 3.63) is 41.7 Å². The number of likely N-dealkylation sites (tertiary alicyclic amines) is 1. The summed E-state index contributed by atoms with van der Waals surface area (Å²) < 4.78 is 28.1. The van der Waals surface area contributed by atoms with E-state index in [1.807, 2.05) is 37.3 Å². The Morgan fingerprint density at radius 1 is 1.29 bits per heavy atom. The van der Waals surface area contributed by atoms with E-state index in [4.69, 9.17) is 9.66 Å². The summed E-state index contributed by atoms with van der Waals surface area (Å²) in [5.74, 6) is 1.19. The van der Waals surface area contributed by atoms with Crippen molar-refractivity contribution in [1.29, 1.82) is 0 Å². The van der Waals surface area contributed by atoms with Gasteiger partial charge >= 0.3 is 0 Å². The largest absolute Gasteiger partial charge is 0.359 e. The van der Waals surface area contributed by atoms with Crippen molar-refractivity contribution >= 4 is 10.0 Å². The van der Waals surface area contributed by atoms with Crippen molar-refractivity contribution in [3.8, 4) is 11.3 Å². The van der Waals surface area contributed by atoms with Gasteiger partial charge in [0.1, 0.15) is 5.69 Å². The summed E-state index contributed by atoms with van der Waals surface area (Å²) in [4.78, 5) is 2.19. The lowest BCUT2D eigenvalue weighted by Crippen LogP contribution is -2.27. The summed E-state index contributed by atoms with van der Waals surface area (Å²) in [6.07, 6.45) is 0. The van der Waals surface area contributed by atoms with Gasteiger partial charge in [-0.25, -0.2) is 13.6 Å². The summed E-state index contributed by atoms with van der Waals surface area (Å²) in [5, 5.41) is 9.32. The van der Waals surface area contributed by atoms with Gasteiger partial charge in [-0.2, -0.15) is 0 Å². The fourth-order valence-electron chi connectivity index (χ4n) is 3.26. The van der Waals surface area contributed by atoms with Gasteiger partial charge in [-0.05, 0) is 18.8 Å². The van der Waals surface area contributed by atoms with Crippen LogP contribution in [-0.4, -0.2) is 37.3 Å². The molecule has 2 atom stereocenters. The first-order valence-corrected chi connectivity index (χ1v) is 9.77. The average molecular weight is 349 g/mol. The highest BCUT2D eigenvalue weighted by Crippen LogP contribution is 2.26. The normalized spacial score (nSPS) is 22.1. The number of sulfonamides is 1. The molecule has 2 N–H and O–H groups in total. The van der Waals surface area contributed by atoms with Gasteiger partial charge in [0.15, 0.2) is 5.76 Å². The first-order valence-electron chi connectivity index (χ1n) is 8.05. The second kappa shape index (κ2) is 6.66. The minimum absolute atomic E-state index is 0.0374. The summed E-state index contributed by atoms with van der Waals surface area (Å²) in [5.41, 5.74) is 3.05.